The lowest BCUT2D eigenvalue weighted by Gasteiger charge is -2.02. The van der Waals surface area contributed by atoms with Gasteiger partial charge in [0.2, 0.25) is 0 Å². The van der Waals surface area contributed by atoms with Crippen LogP contribution in [0.4, 0.5) is 4.39 Å². The Hall–Kier alpha value is -2.21. The Morgan fingerprint density at radius 3 is 2.55 bits per heavy atom. The largest absolute Gasteiger partial charge is 0.221 e. The molecule has 0 bridgehead atoms. The van der Waals surface area contributed by atoms with Crippen molar-refractivity contribution in [3.8, 4) is 5.82 Å². The Kier molecular flexibility index (Phi) is 3.73. The van der Waals surface area contributed by atoms with Gasteiger partial charge in [-0.1, -0.05) is 23.9 Å². The van der Waals surface area contributed by atoms with Gasteiger partial charge in [-0.25, -0.2) is 9.07 Å². The van der Waals surface area contributed by atoms with Crippen LogP contribution in [0.2, 0.25) is 0 Å². The molecule has 2 aromatic heterocycles. The van der Waals surface area contributed by atoms with Crippen molar-refractivity contribution in [3.63, 3.8) is 0 Å². The van der Waals surface area contributed by atoms with Gasteiger partial charge in [-0.15, -0.1) is 10.2 Å². The lowest BCUT2D eigenvalue weighted by atomic mass is 10.2. The number of benzene rings is 1. The van der Waals surface area contributed by atoms with Gasteiger partial charge in [-0.3, -0.25) is 0 Å². The average molecular weight is 286 g/mol. The highest BCUT2D eigenvalue weighted by Crippen LogP contribution is 2.20. The first-order valence-corrected chi connectivity index (χ1v) is 7.01. The lowest BCUT2D eigenvalue weighted by molar-refractivity contribution is 0.627. The van der Waals surface area contributed by atoms with Gasteiger partial charge in [0.05, 0.1) is 0 Å². The van der Waals surface area contributed by atoms with Crippen molar-refractivity contribution in [3.05, 3.63) is 66.2 Å². The maximum absolute atomic E-state index is 12.8. The van der Waals surface area contributed by atoms with Crippen molar-refractivity contribution < 1.29 is 4.39 Å². The quantitative estimate of drug-likeness (QED) is 0.691. The lowest BCUT2D eigenvalue weighted by Crippen LogP contribution is -1.99. The summed E-state index contributed by atoms with van der Waals surface area (Å²) in [5, 5.41) is 13.2. The van der Waals surface area contributed by atoms with E-state index in [1.807, 2.05) is 24.4 Å². The Balaban J connectivity index is 1.65. The van der Waals surface area contributed by atoms with E-state index < -0.39 is 0 Å². The molecule has 0 saturated carbocycles. The monoisotopic (exact) mass is 286 g/mol. The third-order valence-corrected chi connectivity index (χ3v) is 3.66. The second-order valence-electron chi connectivity index (χ2n) is 4.10. The zero-order valence-corrected chi connectivity index (χ0v) is 11.3. The molecule has 0 unspecified atom stereocenters. The van der Waals surface area contributed by atoms with E-state index in [0.29, 0.717) is 5.82 Å². The summed E-state index contributed by atoms with van der Waals surface area (Å²) >= 11 is 1.56. The summed E-state index contributed by atoms with van der Waals surface area (Å²) in [5.74, 6) is 1.19. The Bertz CT molecular complexity index is 665. The van der Waals surface area contributed by atoms with Crippen molar-refractivity contribution >= 4 is 11.8 Å². The average Bonchev–Trinajstić information content (AvgIpc) is 3.01. The third-order valence-electron chi connectivity index (χ3n) is 2.67. The minimum Gasteiger partial charge on any atom is -0.221 e. The summed E-state index contributed by atoms with van der Waals surface area (Å²) < 4.78 is 14.4. The predicted molar refractivity (Wildman–Crippen MR) is 75.1 cm³/mol. The van der Waals surface area contributed by atoms with E-state index >= 15 is 0 Å². The van der Waals surface area contributed by atoms with E-state index in [9.17, 15) is 4.39 Å². The van der Waals surface area contributed by atoms with Crippen LogP contribution in [-0.2, 0) is 5.75 Å². The van der Waals surface area contributed by atoms with E-state index in [-0.39, 0.29) is 5.82 Å². The van der Waals surface area contributed by atoms with E-state index in [2.05, 4.69) is 15.3 Å². The van der Waals surface area contributed by atoms with Crippen molar-refractivity contribution in [2.45, 2.75) is 10.8 Å². The van der Waals surface area contributed by atoms with Crippen LogP contribution in [0, 0.1) is 5.82 Å². The fraction of sp³-hybridized carbons (Fsp3) is 0.0714. The highest BCUT2D eigenvalue weighted by Gasteiger charge is 2.02. The molecule has 0 atom stereocenters. The van der Waals surface area contributed by atoms with Gasteiger partial charge < -0.3 is 0 Å². The minimum absolute atomic E-state index is 0.220. The van der Waals surface area contributed by atoms with Crippen LogP contribution in [0.3, 0.4) is 0 Å². The fourth-order valence-electron chi connectivity index (χ4n) is 1.65. The van der Waals surface area contributed by atoms with Crippen LogP contribution in [0.15, 0.2) is 59.9 Å². The minimum atomic E-state index is -0.220. The van der Waals surface area contributed by atoms with Gasteiger partial charge in [0.25, 0.3) is 0 Å². The number of thioether (sulfide) groups is 1. The van der Waals surface area contributed by atoms with Gasteiger partial charge in [0.15, 0.2) is 5.82 Å². The Morgan fingerprint density at radius 1 is 1.05 bits per heavy atom. The molecule has 4 nitrogen and oxygen atoms in total. The number of hydrogen-bond donors (Lipinski definition) is 0. The number of nitrogens with zero attached hydrogens (tertiary/aromatic N) is 4. The van der Waals surface area contributed by atoms with Crippen LogP contribution >= 0.6 is 11.8 Å². The van der Waals surface area contributed by atoms with Gasteiger partial charge >= 0.3 is 0 Å². The first-order chi connectivity index (χ1) is 9.81. The maximum atomic E-state index is 12.8. The Labute approximate surface area is 119 Å². The molecular weight excluding hydrogens is 275 g/mol. The van der Waals surface area contributed by atoms with E-state index in [0.717, 1.165) is 16.3 Å². The molecule has 2 heterocycles. The van der Waals surface area contributed by atoms with Crippen molar-refractivity contribution in [1.29, 1.82) is 0 Å². The van der Waals surface area contributed by atoms with Crippen molar-refractivity contribution in [2.75, 3.05) is 0 Å². The molecule has 0 aliphatic rings. The number of hydrogen-bond acceptors (Lipinski definition) is 4. The summed E-state index contributed by atoms with van der Waals surface area (Å²) in [7, 11) is 0. The molecule has 0 spiro atoms. The molecule has 0 amide bonds. The van der Waals surface area contributed by atoms with Crippen LogP contribution in [0.5, 0.6) is 0 Å². The number of halogens is 1. The van der Waals surface area contributed by atoms with Crippen LogP contribution in [0.25, 0.3) is 5.82 Å². The number of aromatic nitrogens is 4. The molecule has 0 N–H and O–H groups in total. The molecule has 1 aromatic carbocycles. The predicted octanol–water partition coefficient (Wildman–Crippen LogP) is 3.09. The van der Waals surface area contributed by atoms with Gasteiger partial charge in [-0.05, 0) is 35.9 Å². The fourth-order valence-corrected chi connectivity index (χ4v) is 2.42. The zero-order valence-electron chi connectivity index (χ0n) is 10.5. The summed E-state index contributed by atoms with van der Waals surface area (Å²) in [4.78, 5) is 0. The molecular formula is C14H11FN4S. The Morgan fingerprint density at radius 2 is 1.90 bits per heavy atom. The first-order valence-electron chi connectivity index (χ1n) is 6.02. The maximum Gasteiger partial charge on any atom is 0.175 e. The molecule has 3 aromatic rings. The molecule has 0 aliphatic carbocycles. The second kappa shape index (κ2) is 5.83. The molecule has 0 aliphatic heterocycles. The topological polar surface area (TPSA) is 43.6 Å². The van der Waals surface area contributed by atoms with Crippen LogP contribution in [0.1, 0.15) is 5.56 Å². The highest BCUT2D eigenvalue weighted by molar-refractivity contribution is 7.98. The molecule has 0 radical (unpaired) electrons. The molecule has 100 valence electrons. The SMILES string of the molecule is Fc1ccc(CSc2ccc(-n3cccn3)nn2)cc1. The van der Waals surface area contributed by atoms with E-state index in [1.54, 1.807) is 34.8 Å². The molecule has 0 fully saturated rings. The van der Waals surface area contributed by atoms with Gasteiger partial charge in [0.1, 0.15) is 10.8 Å². The molecule has 20 heavy (non-hydrogen) atoms. The first kappa shape index (κ1) is 12.8. The van der Waals surface area contributed by atoms with Gasteiger partial charge in [0, 0.05) is 18.1 Å². The van der Waals surface area contributed by atoms with E-state index in [1.165, 1.54) is 12.1 Å². The van der Waals surface area contributed by atoms with Crippen molar-refractivity contribution in [2.24, 2.45) is 0 Å². The van der Waals surface area contributed by atoms with E-state index in [4.69, 9.17) is 0 Å². The summed E-state index contributed by atoms with van der Waals surface area (Å²) in [6.07, 6.45) is 3.51. The molecule has 0 saturated heterocycles. The normalized spacial score (nSPS) is 10.7. The summed E-state index contributed by atoms with van der Waals surface area (Å²) in [5.41, 5.74) is 1.05. The standard InChI is InChI=1S/C14H11FN4S/c15-12-4-2-11(3-5-12)10-20-14-7-6-13(17-18-14)19-9-1-8-16-19/h1-9H,10H2. The zero-order chi connectivity index (χ0) is 13.8. The summed E-state index contributed by atoms with van der Waals surface area (Å²) in [6.45, 7) is 0. The van der Waals surface area contributed by atoms with Crippen molar-refractivity contribution in [1.82, 2.24) is 20.0 Å². The van der Waals surface area contributed by atoms with Crippen LogP contribution < -0.4 is 0 Å². The number of rotatable bonds is 4. The third kappa shape index (κ3) is 3.03. The van der Waals surface area contributed by atoms with Gasteiger partial charge in [-0.2, -0.15) is 5.10 Å². The highest BCUT2D eigenvalue weighted by atomic mass is 32.2. The van der Waals surface area contributed by atoms with Crippen LogP contribution in [-0.4, -0.2) is 20.0 Å². The smallest absolute Gasteiger partial charge is 0.175 e. The molecule has 3 rings (SSSR count). The summed E-state index contributed by atoms with van der Waals surface area (Å²) in [6, 6.07) is 12.1. The second-order valence-corrected chi connectivity index (χ2v) is 5.09. The molecule has 6 heteroatoms.